The van der Waals surface area contributed by atoms with Crippen LogP contribution in [0.3, 0.4) is 0 Å². The molecule has 1 spiro atoms. The molecular weight excluding hydrogens is 540 g/mol. The van der Waals surface area contributed by atoms with Crippen LogP contribution in [0.15, 0.2) is 84.0 Å². The monoisotopic (exact) mass is 564 g/mol. The van der Waals surface area contributed by atoms with Crippen LogP contribution in [0.2, 0.25) is 5.02 Å². The van der Waals surface area contributed by atoms with Crippen molar-refractivity contribution >= 4 is 35.1 Å². The number of amides is 2. The molecule has 2 amide bonds. The van der Waals surface area contributed by atoms with E-state index >= 15 is 0 Å². The highest BCUT2D eigenvalue weighted by atomic mass is 35.5. The Hall–Kier alpha value is -4.86. The van der Waals surface area contributed by atoms with Gasteiger partial charge >= 0.3 is 0 Å². The van der Waals surface area contributed by atoms with Crippen molar-refractivity contribution < 1.29 is 14.7 Å². The summed E-state index contributed by atoms with van der Waals surface area (Å²) in [5.74, 6) is 0.0440. The molecule has 2 unspecified atom stereocenters. The highest BCUT2D eigenvalue weighted by molar-refractivity contribution is 6.34. The van der Waals surface area contributed by atoms with Gasteiger partial charge in [0.2, 0.25) is 11.9 Å². The van der Waals surface area contributed by atoms with E-state index in [4.69, 9.17) is 11.6 Å². The van der Waals surface area contributed by atoms with Crippen LogP contribution in [0, 0.1) is 6.92 Å². The number of phenolic OH excluding ortho intramolecular Hbond substituents is 1. The Balaban J connectivity index is 1.21. The van der Waals surface area contributed by atoms with Crippen molar-refractivity contribution in [3.63, 3.8) is 0 Å². The van der Waals surface area contributed by atoms with Crippen LogP contribution >= 0.6 is 11.6 Å². The van der Waals surface area contributed by atoms with Crippen LogP contribution in [0.4, 0.5) is 5.69 Å². The third-order valence-electron chi connectivity index (χ3n) is 8.16. The summed E-state index contributed by atoms with van der Waals surface area (Å²) in [6.07, 6.45) is 0.630. The SMILES string of the molecule is Cc1ccc(C2CC23C(=O)Nc2cc(Cl)c(-c4ccc(-c5ccccc5O)cc4)cc23)cc1C(=O)NC1=NNNN1. The second kappa shape index (κ2) is 9.36. The zero-order valence-electron chi connectivity index (χ0n) is 21.9. The molecule has 41 heavy (non-hydrogen) atoms. The fourth-order valence-corrected chi connectivity index (χ4v) is 6.19. The number of benzene rings is 4. The van der Waals surface area contributed by atoms with Crippen molar-refractivity contribution in [2.45, 2.75) is 24.7 Å². The molecule has 9 nitrogen and oxygen atoms in total. The smallest absolute Gasteiger partial charge is 0.258 e. The van der Waals surface area contributed by atoms with Crippen molar-refractivity contribution in [3.8, 4) is 28.0 Å². The molecule has 3 aliphatic rings. The Kier molecular flexibility index (Phi) is 5.74. The summed E-state index contributed by atoms with van der Waals surface area (Å²) in [5.41, 5.74) is 14.3. The quantitative estimate of drug-likeness (QED) is 0.214. The van der Waals surface area contributed by atoms with Gasteiger partial charge in [-0.3, -0.25) is 20.3 Å². The lowest BCUT2D eigenvalue weighted by atomic mass is 9.89. The number of anilines is 1. The first-order valence-corrected chi connectivity index (χ1v) is 13.5. The van der Waals surface area contributed by atoms with Crippen LogP contribution in [0.1, 0.15) is 39.4 Å². The third kappa shape index (κ3) is 4.09. The number of phenols is 1. The Morgan fingerprint density at radius 2 is 1.78 bits per heavy atom. The number of aromatic hydroxyl groups is 1. The predicted octanol–water partition coefficient (Wildman–Crippen LogP) is 4.68. The van der Waals surface area contributed by atoms with Gasteiger partial charge in [0.25, 0.3) is 5.91 Å². The van der Waals surface area contributed by atoms with Gasteiger partial charge in [-0.1, -0.05) is 66.2 Å². The number of aryl methyl sites for hydroxylation is 1. The topological polar surface area (TPSA) is 127 Å². The molecule has 2 atom stereocenters. The predicted molar refractivity (Wildman–Crippen MR) is 157 cm³/mol. The summed E-state index contributed by atoms with van der Waals surface area (Å²) in [6.45, 7) is 1.87. The Bertz CT molecular complexity index is 1790. The number of carbonyl (C=O) groups excluding carboxylic acids is 2. The van der Waals surface area contributed by atoms with Gasteiger partial charge in [0, 0.05) is 28.3 Å². The molecule has 7 rings (SSSR count). The van der Waals surface area contributed by atoms with E-state index < -0.39 is 5.41 Å². The van der Waals surface area contributed by atoms with E-state index in [1.807, 2.05) is 73.7 Å². The Labute approximate surface area is 240 Å². The normalized spacial score (nSPS) is 20.1. The summed E-state index contributed by atoms with van der Waals surface area (Å²) in [4.78, 5) is 26.4. The van der Waals surface area contributed by atoms with Gasteiger partial charge in [0.1, 0.15) is 5.75 Å². The molecule has 10 heteroatoms. The summed E-state index contributed by atoms with van der Waals surface area (Å²) < 4.78 is 0. The zero-order chi connectivity index (χ0) is 28.3. The molecule has 204 valence electrons. The van der Waals surface area contributed by atoms with Gasteiger partial charge in [0.15, 0.2) is 0 Å². The van der Waals surface area contributed by atoms with Gasteiger partial charge < -0.3 is 10.4 Å². The summed E-state index contributed by atoms with van der Waals surface area (Å²) in [5, 5.41) is 20.4. The number of carbonyl (C=O) groups is 2. The molecule has 0 radical (unpaired) electrons. The minimum atomic E-state index is -0.724. The largest absolute Gasteiger partial charge is 0.507 e. The van der Waals surface area contributed by atoms with Crippen molar-refractivity contribution in [1.29, 1.82) is 0 Å². The number of hydrazone groups is 1. The number of hydrazine groups is 2. The number of hydrogen-bond acceptors (Lipinski definition) is 7. The second-order valence-corrected chi connectivity index (χ2v) is 10.9. The average molecular weight is 565 g/mol. The van der Waals surface area contributed by atoms with E-state index in [0.29, 0.717) is 22.7 Å². The van der Waals surface area contributed by atoms with E-state index in [0.717, 1.165) is 38.9 Å². The lowest BCUT2D eigenvalue weighted by molar-refractivity contribution is -0.118. The van der Waals surface area contributed by atoms with Crippen LogP contribution in [-0.4, -0.2) is 22.9 Å². The molecule has 0 bridgehead atoms. The molecule has 2 heterocycles. The highest BCUT2D eigenvalue weighted by Crippen LogP contribution is 2.65. The maximum absolute atomic E-state index is 13.4. The molecule has 6 N–H and O–H groups in total. The van der Waals surface area contributed by atoms with E-state index in [1.165, 1.54) is 0 Å². The molecule has 4 aromatic carbocycles. The van der Waals surface area contributed by atoms with Crippen LogP contribution in [0.25, 0.3) is 22.3 Å². The van der Waals surface area contributed by atoms with Crippen molar-refractivity contribution in [2.24, 2.45) is 5.10 Å². The van der Waals surface area contributed by atoms with E-state index in [2.05, 4.69) is 32.2 Å². The Morgan fingerprint density at radius 1 is 1.02 bits per heavy atom. The van der Waals surface area contributed by atoms with Crippen LogP contribution in [0.5, 0.6) is 5.75 Å². The number of nitrogens with zero attached hydrogens (tertiary/aromatic N) is 1. The summed E-state index contributed by atoms with van der Waals surface area (Å²) >= 11 is 6.72. The number of para-hydroxylation sites is 1. The van der Waals surface area contributed by atoms with Gasteiger partial charge in [0.05, 0.1) is 10.4 Å². The van der Waals surface area contributed by atoms with Crippen molar-refractivity contribution in [3.05, 3.63) is 106 Å². The zero-order valence-corrected chi connectivity index (χ0v) is 22.6. The highest BCUT2D eigenvalue weighted by Gasteiger charge is 2.65. The maximum Gasteiger partial charge on any atom is 0.258 e. The summed E-state index contributed by atoms with van der Waals surface area (Å²) in [6, 6.07) is 24.6. The van der Waals surface area contributed by atoms with E-state index in [-0.39, 0.29) is 29.4 Å². The van der Waals surface area contributed by atoms with Gasteiger partial charge in [-0.2, -0.15) is 0 Å². The lowest BCUT2D eigenvalue weighted by Gasteiger charge is -2.14. The van der Waals surface area contributed by atoms with Gasteiger partial charge in [-0.25, -0.2) is 5.53 Å². The third-order valence-corrected chi connectivity index (χ3v) is 8.47. The molecule has 4 aromatic rings. The van der Waals surface area contributed by atoms with Crippen LogP contribution in [-0.2, 0) is 10.2 Å². The first-order valence-electron chi connectivity index (χ1n) is 13.1. The fourth-order valence-electron chi connectivity index (χ4n) is 5.92. The van der Waals surface area contributed by atoms with Gasteiger partial charge in [-0.15, -0.1) is 10.6 Å². The number of halogens is 1. The molecule has 1 fully saturated rings. The van der Waals surface area contributed by atoms with Crippen LogP contribution < -0.4 is 27.1 Å². The first kappa shape index (κ1) is 25.1. The number of fused-ring (bicyclic) bond motifs is 2. The standard InChI is InChI=1S/C31H25ClN6O3/c1-16-6-7-19(12-21(16)28(40)34-30-35-37-38-36-30)24-15-31(24)23-13-22(25(32)14-26(23)33-29(31)41)18-10-8-17(9-11-18)20-4-2-3-5-27(20)39/h2-14,24,37-39H,15H2,1H3,(H,33,41)(H2,34,35,36,40). The molecular formula is C31H25ClN6O3. The summed E-state index contributed by atoms with van der Waals surface area (Å²) in [7, 11) is 0. The minimum absolute atomic E-state index is 0.0612. The molecule has 1 aliphatic carbocycles. The minimum Gasteiger partial charge on any atom is -0.507 e. The van der Waals surface area contributed by atoms with E-state index in [9.17, 15) is 14.7 Å². The first-order chi connectivity index (χ1) is 19.8. The number of nitrogens with one attached hydrogen (secondary N) is 5. The fraction of sp³-hybridized carbons (Fsp3) is 0.129. The second-order valence-electron chi connectivity index (χ2n) is 10.5. The molecule has 2 aliphatic heterocycles. The van der Waals surface area contributed by atoms with Crippen molar-refractivity contribution in [1.82, 2.24) is 21.8 Å². The number of guanidine groups is 1. The van der Waals surface area contributed by atoms with E-state index in [1.54, 1.807) is 12.1 Å². The van der Waals surface area contributed by atoms with Gasteiger partial charge in [-0.05, 0) is 65.4 Å². The molecule has 0 saturated heterocycles. The number of rotatable bonds is 4. The maximum atomic E-state index is 13.4. The molecule has 0 aromatic heterocycles. The number of hydrogen-bond donors (Lipinski definition) is 6. The Morgan fingerprint density at radius 3 is 2.51 bits per heavy atom. The average Bonchev–Trinajstić information content (AvgIpc) is 3.40. The van der Waals surface area contributed by atoms with Crippen molar-refractivity contribution in [2.75, 3.05) is 5.32 Å². The molecule has 1 saturated carbocycles. The lowest BCUT2D eigenvalue weighted by Crippen LogP contribution is -2.43.